The molecule has 3 N–H and O–H groups in total. The van der Waals surface area contributed by atoms with Crippen molar-refractivity contribution in [3.05, 3.63) is 96.1 Å². The van der Waals surface area contributed by atoms with Crippen LogP contribution >= 0.6 is 0 Å². The van der Waals surface area contributed by atoms with Crippen LogP contribution in [0.1, 0.15) is 17.2 Å². The van der Waals surface area contributed by atoms with E-state index in [-0.39, 0.29) is 5.75 Å². The monoisotopic (exact) mass is 396 g/mol. The highest BCUT2D eigenvalue weighted by Gasteiger charge is 2.19. The van der Waals surface area contributed by atoms with E-state index in [0.29, 0.717) is 22.5 Å². The van der Waals surface area contributed by atoms with Gasteiger partial charge in [-0.15, -0.1) is 0 Å². The molecular weight excluding hydrogens is 376 g/mol. The third-order valence-electron chi connectivity index (χ3n) is 4.03. The molecule has 144 valence electrons. The Morgan fingerprint density at radius 1 is 0.857 bits per heavy atom. The van der Waals surface area contributed by atoms with E-state index in [1.807, 2.05) is 12.1 Å². The van der Waals surface area contributed by atoms with E-state index in [0.717, 1.165) is 0 Å². The van der Waals surface area contributed by atoms with Gasteiger partial charge in [0.2, 0.25) is 10.0 Å². The number of carboxylic acid groups (broad SMARTS) is 1. The molecule has 0 saturated carbocycles. The summed E-state index contributed by atoms with van der Waals surface area (Å²) in [5, 5.41) is 12.5. The number of carboxylic acids is 1. The zero-order valence-electron chi connectivity index (χ0n) is 14.9. The molecule has 0 radical (unpaired) electrons. The van der Waals surface area contributed by atoms with Crippen molar-refractivity contribution in [1.82, 2.24) is 0 Å². The highest BCUT2D eigenvalue weighted by molar-refractivity contribution is 7.91. The number of hydrogen-bond acceptors (Lipinski definition) is 4. The fraction of sp³-hybridized carbons (Fsp3) is 0.0952. The lowest BCUT2D eigenvalue weighted by atomic mass is 10.1. The Kier molecular flexibility index (Phi) is 5.96. The number of benzene rings is 3. The van der Waals surface area contributed by atoms with E-state index in [1.165, 1.54) is 0 Å². The number of hydrogen-bond donors (Lipinski definition) is 3. The largest absolute Gasteiger partial charge is 0.479 e. The number of aliphatic carboxylic acids is 1. The molecule has 28 heavy (non-hydrogen) atoms. The Morgan fingerprint density at radius 2 is 1.46 bits per heavy atom. The Morgan fingerprint density at radius 3 is 2.11 bits per heavy atom. The average Bonchev–Trinajstić information content (AvgIpc) is 2.67. The van der Waals surface area contributed by atoms with Crippen LogP contribution in [0, 0.1) is 0 Å². The molecule has 0 bridgehead atoms. The molecule has 0 aromatic heterocycles. The van der Waals surface area contributed by atoms with Gasteiger partial charge in [0.05, 0.1) is 11.4 Å². The van der Waals surface area contributed by atoms with Crippen LogP contribution in [-0.4, -0.2) is 19.5 Å². The molecule has 0 aliphatic carbocycles. The molecule has 3 rings (SSSR count). The van der Waals surface area contributed by atoms with Crippen LogP contribution in [0.15, 0.2) is 84.9 Å². The Bertz CT molecular complexity index is 1040. The number of nitrogens with one attached hydrogen (secondary N) is 2. The van der Waals surface area contributed by atoms with E-state index < -0.39 is 22.0 Å². The van der Waals surface area contributed by atoms with Gasteiger partial charge in [0, 0.05) is 5.69 Å². The minimum atomic E-state index is -3.60. The molecule has 0 fully saturated rings. The molecule has 0 amide bonds. The van der Waals surface area contributed by atoms with Gasteiger partial charge >= 0.3 is 5.97 Å². The molecular formula is C21H20N2O4S. The SMILES string of the molecule is O=C(O)C(Nc1cccc(NS(=O)(=O)Cc2ccccc2)c1)c1ccccc1. The Hall–Kier alpha value is -3.32. The normalized spacial score (nSPS) is 12.1. The molecule has 7 heteroatoms. The summed E-state index contributed by atoms with van der Waals surface area (Å²) in [6, 6.07) is 23.2. The highest BCUT2D eigenvalue weighted by atomic mass is 32.2. The van der Waals surface area contributed by atoms with Crippen LogP contribution in [0.5, 0.6) is 0 Å². The van der Waals surface area contributed by atoms with Gasteiger partial charge in [-0.2, -0.15) is 0 Å². The topological polar surface area (TPSA) is 95.5 Å². The maximum Gasteiger partial charge on any atom is 0.330 e. The standard InChI is InChI=1S/C21H20N2O4S/c24-21(25)20(17-10-5-2-6-11-17)22-18-12-7-13-19(14-18)23-28(26,27)15-16-8-3-1-4-9-16/h1-14,20,22-23H,15H2,(H,24,25). The van der Waals surface area contributed by atoms with Crippen LogP contribution < -0.4 is 10.0 Å². The second-order valence-electron chi connectivity index (χ2n) is 6.25. The summed E-state index contributed by atoms with van der Waals surface area (Å²) in [6.07, 6.45) is 0. The van der Waals surface area contributed by atoms with Crippen LogP contribution in [0.2, 0.25) is 0 Å². The van der Waals surface area contributed by atoms with Gasteiger partial charge in [-0.25, -0.2) is 13.2 Å². The molecule has 1 unspecified atom stereocenters. The maximum absolute atomic E-state index is 12.4. The summed E-state index contributed by atoms with van der Waals surface area (Å²) in [5.74, 6) is -1.17. The molecule has 6 nitrogen and oxygen atoms in total. The van der Waals surface area contributed by atoms with Crippen LogP contribution in [0.25, 0.3) is 0 Å². The maximum atomic E-state index is 12.4. The first-order valence-electron chi connectivity index (χ1n) is 8.62. The summed E-state index contributed by atoms with van der Waals surface area (Å²) in [7, 11) is -3.60. The summed E-state index contributed by atoms with van der Waals surface area (Å²) < 4.78 is 27.3. The number of anilines is 2. The first kappa shape index (κ1) is 19.4. The van der Waals surface area contributed by atoms with Gasteiger partial charge in [-0.1, -0.05) is 66.7 Å². The second-order valence-corrected chi connectivity index (χ2v) is 7.98. The fourth-order valence-corrected chi connectivity index (χ4v) is 3.97. The van der Waals surface area contributed by atoms with E-state index >= 15 is 0 Å². The summed E-state index contributed by atoms with van der Waals surface area (Å²) in [6.45, 7) is 0. The van der Waals surface area contributed by atoms with Gasteiger partial charge in [-0.05, 0) is 29.3 Å². The van der Waals surface area contributed by atoms with Crippen LogP contribution in [0.3, 0.4) is 0 Å². The third-order valence-corrected chi connectivity index (χ3v) is 5.29. The molecule has 0 saturated heterocycles. The third kappa shape index (κ3) is 5.34. The first-order valence-corrected chi connectivity index (χ1v) is 10.3. The van der Waals surface area contributed by atoms with Crippen LogP contribution in [-0.2, 0) is 20.6 Å². The lowest BCUT2D eigenvalue weighted by molar-refractivity contribution is -0.138. The van der Waals surface area contributed by atoms with E-state index in [2.05, 4.69) is 10.0 Å². The molecule has 0 aliphatic rings. The fourth-order valence-electron chi connectivity index (χ4n) is 2.78. The van der Waals surface area contributed by atoms with Crippen molar-refractivity contribution in [2.24, 2.45) is 0 Å². The van der Waals surface area contributed by atoms with Crippen molar-refractivity contribution in [3.63, 3.8) is 0 Å². The zero-order chi connectivity index (χ0) is 20.0. The van der Waals surface area contributed by atoms with E-state index in [9.17, 15) is 18.3 Å². The molecule has 3 aromatic rings. The van der Waals surface area contributed by atoms with Gasteiger partial charge in [0.15, 0.2) is 6.04 Å². The number of sulfonamides is 1. The smallest absolute Gasteiger partial charge is 0.330 e. The molecule has 0 spiro atoms. The molecule has 3 aromatic carbocycles. The highest BCUT2D eigenvalue weighted by Crippen LogP contribution is 2.23. The zero-order valence-corrected chi connectivity index (χ0v) is 15.8. The van der Waals surface area contributed by atoms with Crippen molar-refractivity contribution in [1.29, 1.82) is 0 Å². The first-order chi connectivity index (χ1) is 13.4. The predicted octanol–water partition coefficient (Wildman–Crippen LogP) is 3.87. The van der Waals surface area contributed by atoms with Gasteiger partial charge in [0.1, 0.15) is 0 Å². The van der Waals surface area contributed by atoms with Crippen LogP contribution in [0.4, 0.5) is 11.4 Å². The van der Waals surface area contributed by atoms with Crippen molar-refractivity contribution in [2.75, 3.05) is 10.0 Å². The van der Waals surface area contributed by atoms with Gasteiger partial charge in [-0.3, -0.25) is 4.72 Å². The van der Waals surface area contributed by atoms with E-state index in [4.69, 9.17) is 0 Å². The predicted molar refractivity (Wildman–Crippen MR) is 110 cm³/mol. The van der Waals surface area contributed by atoms with E-state index in [1.54, 1.807) is 72.8 Å². The Balaban J connectivity index is 1.75. The van der Waals surface area contributed by atoms with Gasteiger partial charge < -0.3 is 10.4 Å². The summed E-state index contributed by atoms with van der Waals surface area (Å²) in [5.41, 5.74) is 2.14. The lowest BCUT2D eigenvalue weighted by Crippen LogP contribution is -2.20. The Labute approximate surface area is 163 Å². The number of rotatable bonds is 8. The molecule has 0 aliphatic heterocycles. The molecule has 0 heterocycles. The summed E-state index contributed by atoms with van der Waals surface area (Å²) >= 11 is 0. The van der Waals surface area contributed by atoms with Crippen molar-refractivity contribution >= 4 is 27.4 Å². The van der Waals surface area contributed by atoms with Crippen molar-refractivity contribution < 1.29 is 18.3 Å². The van der Waals surface area contributed by atoms with Crippen molar-refractivity contribution in [2.45, 2.75) is 11.8 Å². The minimum absolute atomic E-state index is 0.146. The lowest BCUT2D eigenvalue weighted by Gasteiger charge is -2.17. The second kappa shape index (κ2) is 8.58. The molecule has 1 atom stereocenters. The van der Waals surface area contributed by atoms with Crippen molar-refractivity contribution in [3.8, 4) is 0 Å². The minimum Gasteiger partial charge on any atom is -0.479 e. The number of carbonyl (C=O) groups is 1. The van der Waals surface area contributed by atoms with Gasteiger partial charge in [0.25, 0.3) is 0 Å². The quantitative estimate of drug-likeness (QED) is 0.537. The average molecular weight is 396 g/mol. The summed E-state index contributed by atoms with van der Waals surface area (Å²) in [4.78, 5) is 11.6.